The molecule has 0 fully saturated rings. The van der Waals surface area contributed by atoms with Crippen LogP contribution in [-0.4, -0.2) is 18.1 Å². The van der Waals surface area contributed by atoms with Crippen molar-refractivity contribution < 1.29 is 27.1 Å². The summed E-state index contributed by atoms with van der Waals surface area (Å²) < 4.78 is 54.5. The maximum absolute atomic E-state index is 13.1. The lowest BCUT2D eigenvalue weighted by Crippen LogP contribution is -2.09. The van der Waals surface area contributed by atoms with Gasteiger partial charge in [-0.05, 0) is 6.07 Å². The van der Waals surface area contributed by atoms with Gasteiger partial charge in [0.2, 0.25) is 5.95 Å². The first-order valence-corrected chi connectivity index (χ1v) is 4.15. The van der Waals surface area contributed by atoms with E-state index in [4.69, 9.17) is 0 Å². The summed E-state index contributed by atoms with van der Waals surface area (Å²) in [5, 5.41) is 0. The van der Waals surface area contributed by atoms with Gasteiger partial charge < -0.3 is 4.74 Å². The molecule has 7 heteroatoms. The van der Waals surface area contributed by atoms with Crippen molar-refractivity contribution in [2.24, 2.45) is 0 Å². The van der Waals surface area contributed by atoms with Gasteiger partial charge in [-0.15, -0.1) is 0 Å². The molecule has 3 nitrogen and oxygen atoms in total. The zero-order chi connectivity index (χ0) is 12.3. The third-order valence-corrected chi connectivity index (χ3v) is 1.80. The topological polar surface area (TPSA) is 39.2 Å². The van der Waals surface area contributed by atoms with Crippen LogP contribution in [0, 0.1) is 11.8 Å². The lowest BCUT2D eigenvalue weighted by molar-refractivity contribution is -0.139. The third-order valence-electron chi connectivity index (χ3n) is 1.80. The maximum Gasteiger partial charge on any atom is 0.310 e. The van der Waals surface area contributed by atoms with Gasteiger partial charge in [-0.3, -0.25) is 4.79 Å². The molecule has 0 saturated heterocycles. The van der Waals surface area contributed by atoms with Crippen LogP contribution >= 0.6 is 0 Å². The molecule has 0 atom stereocenters. The van der Waals surface area contributed by atoms with E-state index in [0.29, 0.717) is 6.07 Å². The fraction of sp³-hybridized carbons (Fsp3) is 0.333. The number of rotatable bonds is 3. The fourth-order valence-corrected chi connectivity index (χ4v) is 1.02. The first-order chi connectivity index (χ1) is 7.45. The highest BCUT2D eigenvalue weighted by atomic mass is 19.3. The predicted octanol–water partition coefficient (Wildman–Crippen LogP) is 2.01. The standard InChI is InChI=1S/C9H7F4NO2/c1-16-6(15)3-4-2-5(10)7(8(11)12)14-9(4)13/h2,8H,3H2,1H3. The highest BCUT2D eigenvalue weighted by Gasteiger charge is 2.20. The second-order valence-electron chi connectivity index (χ2n) is 2.86. The second-order valence-corrected chi connectivity index (χ2v) is 2.86. The van der Waals surface area contributed by atoms with E-state index in [2.05, 4.69) is 9.72 Å². The first-order valence-electron chi connectivity index (χ1n) is 4.15. The number of carbonyl (C=O) groups excluding carboxylic acids is 1. The van der Waals surface area contributed by atoms with Gasteiger partial charge in [0.1, 0.15) is 5.69 Å². The second kappa shape index (κ2) is 4.91. The van der Waals surface area contributed by atoms with Crippen LogP contribution in [0.3, 0.4) is 0 Å². The van der Waals surface area contributed by atoms with Crippen molar-refractivity contribution in [1.82, 2.24) is 4.98 Å². The summed E-state index contributed by atoms with van der Waals surface area (Å²) in [6.07, 6.45) is -3.77. The van der Waals surface area contributed by atoms with E-state index in [0.717, 1.165) is 7.11 Å². The molecule has 0 bridgehead atoms. The predicted molar refractivity (Wildman–Crippen MR) is 44.8 cm³/mol. The summed E-state index contributed by atoms with van der Waals surface area (Å²) in [6, 6.07) is 0.515. The van der Waals surface area contributed by atoms with Crippen LogP contribution in [0.25, 0.3) is 0 Å². The van der Waals surface area contributed by atoms with Crippen molar-refractivity contribution in [1.29, 1.82) is 0 Å². The molecule has 1 heterocycles. The van der Waals surface area contributed by atoms with Gasteiger partial charge in [0, 0.05) is 5.56 Å². The number of ether oxygens (including phenoxy) is 1. The molecule has 16 heavy (non-hydrogen) atoms. The number of aromatic nitrogens is 1. The van der Waals surface area contributed by atoms with E-state index >= 15 is 0 Å². The molecule has 0 aliphatic carbocycles. The van der Waals surface area contributed by atoms with Crippen LogP contribution in [0.4, 0.5) is 17.6 Å². The summed E-state index contributed by atoms with van der Waals surface area (Å²) in [6.45, 7) is 0. The Morgan fingerprint density at radius 2 is 2.12 bits per heavy atom. The van der Waals surface area contributed by atoms with Crippen molar-refractivity contribution in [3.8, 4) is 0 Å². The van der Waals surface area contributed by atoms with E-state index < -0.39 is 41.8 Å². The minimum Gasteiger partial charge on any atom is -0.469 e. The molecule has 1 aromatic heterocycles. The maximum atomic E-state index is 13.1. The van der Waals surface area contributed by atoms with E-state index in [1.165, 1.54) is 0 Å². The number of methoxy groups -OCH3 is 1. The SMILES string of the molecule is COC(=O)Cc1cc(F)c(C(F)F)nc1F. The molecule has 88 valence electrons. The van der Waals surface area contributed by atoms with Gasteiger partial charge >= 0.3 is 5.97 Å². The van der Waals surface area contributed by atoms with Gasteiger partial charge in [-0.1, -0.05) is 0 Å². The number of pyridine rings is 1. The Hall–Kier alpha value is -1.66. The average Bonchev–Trinajstić information content (AvgIpc) is 2.22. The lowest BCUT2D eigenvalue weighted by atomic mass is 10.2. The molecule has 0 N–H and O–H groups in total. The highest BCUT2D eigenvalue weighted by molar-refractivity contribution is 5.72. The summed E-state index contributed by atoms with van der Waals surface area (Å²) in [7, 11) is 1.07. The molecule has 0 radical (unpaired) electrons. The van der Waals surface area contributed by atoms with Gasteiger partial charge in [0.05, 0.1) is 13.5 Å². The Morgan fingerprint density at radius 3 is 2.62 bits per heavy atom. The van der Waals surface area contributed by atoms with Gasteiger partial charge in [-0.2, -0.15) is 4.39 Å². The average molecular weight is 237 g/mol. The van der Waals surface area contributed by atoms with Crippen LogP contribution in [0.1, 0.15) is 17.7 Å². The molecule has 1 aromatic rings. The molecule has 0 unspecified atom stereocenters. The van der Waals surface area contributed by atoms with E-state index in [-0.39, 0.29) is 0 Å². The van der Waals surface area contributed by atoms with Gasteiger partial charge in [0.25, 0.3) is 6.43 Å². The summed E-state index contributed by atoms with van der Waals surface area (Å²) in [5.41, 5.74) is -1.69. The molecule has 0 aliphatic heterocycles. The van der Waals surface area contributed by atoms with Gasteiger partial charge in [-0.25, -0.2) is 18.2 Å². The molecule has 0 spiro atoms. The number of halogens is 4. The fourth-order valence-electron chi connectivity index (χ4n) is 1.02. The van der Waals surface area contributed by atoms with Gasteiger partial charge in [0.15, 0.2) is 5.82 Å². The lowest BCUT2D eigenvalue weighted by Gasteiger charge is -2.05. The zero-order valence-corrected chi connectivity index (χ0v) is 8.14. The van der Waals surface area contributed by atoms with Crippen molar-refractivity contribution >= 4 is 5.97 Å². The number of hydrogen-bond acceptors (Lipinski definition) is 3. The molecular formula is C9H7F4NO2. The summed E-state index contributed by atoms with van der Waals surface area (Å²) in [4.78, 5) is 13.5. The number of nitrogens with zero attached hydrogens (tertiary/aromatic N) is 1. The van der Waals surface area contributed by atoms with Crippen LogP contribution in [0.15, 0.2) is 6.07 Å². The van der Waals surface area contributed by atoms with E-state index in [1.54, 1.807) is 0 Å². The van der Waals surface area contributed by atoms with E-state index in [1.807, 2.05) is 0 Å². The Bertz CT molecular complexity index is 409. The molecule has 0 amide bonds. The number of carbonyl (C=O) groups is 1. The van der Waals surface area contributed by atoms with E-state index in [9.17, 15) is 22.4 Å². The number of hydrogen-bond donors (Lipinski definition) is 0. The highest BCUT2D eigenvalue weighted by Crippen LogP contribution is 2.21. The molecule has 1 rings (SSSR count). The van der Waals surface area contributed by atoms with Crippen LogP contribution in [0.2, 0.25) is 0 Å². The number of alkyl halides is 2. The quantitative estimate of drug-likeness (QED) is 0.458. The third kappa shape index (κ3) is 2.68. The normalized spacial score (nSPS) is 10.6. The smallest absolute Gasteiger partial charge is 0.310 e. The van der Waals surface area contributed by atoms with Crippen molar-refractivity contribution in [3.05, 3.63) is 29.1 Å². The first kappa shape index (κ1) is 12.4. The summed E-state index contributed by atoms with van der Waals surface area (Å²) in [5.74, 6) is -3.47. The van der Waals surface area contributed by atoms with Crippen molar-refractivity contribution in [2.45, 2.75) is 12.8 Å². The zero-order valence-electron chi connectivity index (χ0n) is 8.14. The minimum absolute atomic E-state index is 0.422. The molecule has 0 saturated carbocycles. The van der Waals surface area contributed by atoms with Crippen molar-refractivity contribution in [2.75, 3.05) is 7.11 Å². The molecule has 0 aliphatic rings. The summed E-state index contributed by atoms with van der Waals surface area (Å²) >= 11 is 0. The van der Waals surface area contributed by atoms with Crippen LogP contribution in [-0.2, 0) is 16.0 Å². The Morgan fingerprint density at radius 1 is 1.50 bits per heavy atom. The Labute approximate surface area is 88.0 Å². The molecule has 0 aromatic carbocycles. The number of esters is 1. The molecular weight excluding hydrogens is 230 g/mol. The van der Waals surface area contributed by atoms with Crippen LogP contribution < -0.4 is 0 Å². The Kier molecular flexibility index (Phi) is 3.81. The largest absolute Gasteiger partial charge is 0.469 e. The Balaban J connectivity index is 3.05. The minimum atomic E-state index is -3.21. The van der Waals surface area contributed by atoms with Crippen molar-refractivity contribution in [3.63, 3.8) is 0 Å². The van der Waals surface area contributed by atoms with Crippen LogP contribution in [0.5, 0.6) is 0 Å². The monoisotopic (exact) mass is 237 g/mol.